The maximum absolute atomic E-state index is 12.4. The van der Waals surface area contributed by atoms with Gasteiger partial charge in [0, 0.05) is 36.9 Å². The van der Waals surface area contributed by atoms with Gasteiger partial charge in [0.25, 0.3) is 5.91 Å². The molecule has 0 aliphatic rings. The number of nitrogens with one attached hydrogen (secondary N) is 1. The molecular formula is C17H16N4OS. The van der Waals surface area contributed by atoms with Crippen LogP contribution in [0.3, 0.4) is 0 Å². The standard InChI is InChI=1S/C17H16N4OS/c1-21(2)13-7-5-6-12(10-13)16(22)20-17-19-15(11-23-17)14-8-3-4-9-18-14/h3-11H,1-2H3,(H,19,20,22). The molecule has 0 aliphatic heterocycles. The van der Waals surface area contributed by atoms with Crippen molar-refractivity contribution in [3.8, 4) is 11.4 Å². The molecule has 3 aromatic rings. The number of carbonyl (C=O) groups is 1. The van der Waals surface area contributed by atoms with Crippen molar-refractivity contribution < 1.29 is 4.79 Å². The van der Waals surface area contributed by atoms with Crippen LogP contribution in [0.5, 0.6) is 0 Å². The molecule has 5 nitrogen and oxygen atoms in total. The fourth-order valence-electron chi connectivity index (χ4n) is 2.06. The lowest BCUT2D eigenvalue weighted by atomic mass is 10.2. The van der Waals surface area contributed by atoms with Crippen molar-refractivity contribution in [1.29, 1.82) is 0 Å². The summed E-state index contributed by atoms with van der Waals surface area (Å²) < 4.78 is 0. The van der Waals surface area contributed by atoms with E-state index < -0.39 is 0 Å². The average molecular weight is 324 g/mol. The minimum atomic E-state index is -0.171. The van der Waals surface area contributed by atoms with Gasteiger partial charge in [-0.25, -0.2) is 4.98 Å². The van der Waals surface area contributed by atoms with Crippen LogP contribution in [-0.2, 0) is 0 Å². The van der Waals surface area contributed by atoms with Gasteiger partial charge in [0.15, 0.2) is 5.13 Å². The third kappa shape index (κ3) is 3.54. The summed E-state index contributed by atoms with van der Waals surface area (Å²) >= 11 is 1.38. The first-order chi connectivity index (χ1) is 11.1. The second kappa shape index (κ2) is 6.58. The van der Waals surface area contributed by atoms with Gasteiger partial charge in [-0.15, -0.1) is 11.3 Å². The number of anilines is 2. The molecule has 0 saturated heterocycles. The van der Waals surface area contributed by atoms with E-state index in [9.17, 15) is 4.79 Å². The topological polar surface area (TPSA) is 58.1 Å². The fourth-order valence-corrected chi connectivity index (χ4v) is 2.76. The van der Waals surface area contributed by atoms with E-state index in [1.165, 1.54) is 11.3 Å². The molecule has 0 radical (unpaired) electrons. The van der Waals surface area contributed by atoms with Crippen molar-refractivity contribution in [2.45, 2.75) is 0 Å². The number of pyridine rings is 1. The van der Waals surface area contributed by atoms with Crippen LogP contribution in [0.2, 0.25) is 0 Å². The molecule has 3 rings (SSSR count). The van der Waals surface area contributed by atoms with Crippen molar-refractivity contribution in [3.05, 3.63) is 59.6 Å². The first kappa shape index (κ1) is 15.2. The Bertz CT molecular complexity index is 814. The number of benzene rings is 1. The molecule has 0 saturated carbocycles. The van der Waals surface area contributed by atoms with Gasteiger partial charge < -0.3 is 4.90 Å². The fraction of sp³-hybridized carbons (Fsp3) is 0.118. The van der Waals surface area contributed by atoms with E-state index in [4.69, 9.17) is 0 Å². The Kier molecular flexibility index (Phi) is 4.34. The predicted octanol–water partition coefficient (Wildman–Crippen LogP) is 3.52. The summed E-state index contributed by atoms with van der Waals surface area (Å²) in [6.07, 6.45) is 1.72. The Morgan fingerprint density at radius 2 is 2.00 bits per heavy atom. The largest absolute Gasteiger partial charge is 0.378 e. The highest BCUT2D eigenvalue weighted by atomic mass is 32.1. The number of rotatable bonds is 4. The Morgan fingerprint density at radius 3 is 2.74 bits per heavy atom. The molecule has 0 aliphatic carbocycles. The summed E-state index contributed by atoms with van der Waals surface area (Å²) in [4.78, 5) is 23.0. The van der Waals surface area contributed by atoms with E-state index in [0.717, 1.165) is 17.1 Å². The summed E-state index contributed by atoms with van der Waals surface area (Å²) in [6, 6.07) is 13.1. The van der Waals surface area contributed by atoms with Crippen LogP contribution in [-0.4, -0.2) is 30.0 Å². The number of aromatic nitrogens is 2. The quantitative estimate of drug-likeness (QED) is 0.798. The lowest BCUT2D eigenvalue weighted by molar-refractivity contribution is 0.102. The molecule has 116 valence electrons. The molecule has 2 heterocycles. The van der Waals surface area contributed by atoms with Crippen molar-refractivity contribution in [2.75, 3.05) is 24.3 Å². The summed E-state index contributed by atoms with van der Waals surface area (Å²) in [5.74, 6) is -0.171. The van der Waals surface area contributed by atoms with E-state index in [1.54, 1.807) is 12.3 Å². The predicted molar refractivity (Wildman–Crippen MR) is 94.1 cm³/mol. The van der Waals surface area contributed by atoms with Crippen LogP contribution < -0.4 is 10.2 Å². The van der Waals surface area contributed by atoms with E-state index >= 15 is 0 Å². The van der Waals surface area contributed by atoms with Crippen LogP contribution in [0.15, 0.2) is 54.0 Å². The van der Waals surface area contributed by atoms with Crippen LogP contribution in [0.4, 0.5) is 10.8 Å². The zero-order valence-electron chi connectivity index (χ0n) is 12.9. The summed E-state index contributed by atoms with van der Waals surface area (Å²) in [5.41, 5.74) is 3.13. The minimum Gasteiger partial charge on any atom is -0.378 e. The van der Waals surface area contributed by atoms with Crippen LogP contribution >= 0.6 is 11.3 Å². The Hall–Kier alpha value is -2.73. The minimum absolute atomic E-state index is 0.171. The molecule has 0 bridgehead atoms. The smallest absolute Gasteiger partial charge is 0.257 e. The van der Waals surface area contributed by atoms with Crippen molar-refractivity contribution in [3.63, 3.8) is 0 Å². The third-order valence-corrected chi connectivity index (χ3v) is 4.03. The molecule has 23 heavy (non-hydrogen) atoms. The second-order valence-corrected chi connectivity index (χ2v) is 6.01. The normalized spacial score (nSPS) is 10.3. The van der Waals surface area contributed by atoms with Gasteiger partial charge in [0.1, 0.15) is 5.69 Å². The molecule has 0 spiro atoms. The molecule has 1 aromatic carbocycles. The highest BCUT2D eigenvalue weighted by Crippen LogP contribution is 2.24. The van der Waals surface area contributed by atoms with Crippen molar-refractivity contribution in [2.24, 2.45) is 0 Å². The van der Waals surface area contributed by atoms with E-state index in [0.29, 0.717) is 10.7 Å². The number of thiazole rings is 1. The molecule has 0 unspecified atom stereocenters. The van der Waals surface area contributed by atoms with Gasteiger partial charge in [-0.2, -0.15) is 0 Å². The summed E-state index contributed by atoms with van der Waals surface area (Å²) in [5, 5.41) is 5.28. The molecule has 0 atom stereocenters. The van der Waals surface area contributed by atoms with Gasteiger partial charge >= 0.3 is 0 Å². The summed E-state index contributed by atoms with van der Waals surface area (Å²) in [6.45, 7) is 0. The highest BCUT2D eigenvalue weighted by Gasteiger charge is 2.11. The lowest BCUT2D eigenvalue weighted by Crippen LogP contribution is -2.14. The van der Waals surface area contributed by atoms with Crippen molar-refractivity contribution in [1.82, 2.24) is 9.97 Å². The van der Waals surface area contributed by atoms with Crippen molar-refractivity contribution >= 4 is 28.1 Å². The first-order valence-corrected chi connectivity index (χ1v) is 7.97. The van der Waals surface area contributed by atoms with Crippen LogP contribution in [0, 0.1) is 0 Å². The van der Waals surface area contributed by atoms with Crippen LogP contribution in [0.1, 0.15) is 10.4 Å². The van der Waals surface area contributed by atoms with Gasteiger partial charge in [-0.05, 0) is 30.3 Å². The maximum Gasteiger partial charge on any atom is 0.257 e. The monoisotopic (exact) mass is 324 g/mol. The molecular weight excluding hydrogens is 308 g/mol. The van der Waals surface area contributed by atoms with Gasteiger partial charge in [0.2, 0.25) is 0 Å². The Balaban J connectivity index is 1.76. The molecule has 0 fully saturated rings. The van der Waals surface area contributed by atoms with Gasteiger partial charge in [-0.1, -0.05) is 12.1 Å². The summed E-state index contributed by atoms with van der Waals surface area (Å²) in [7, 11) is 3.88. The number of hydrogen-bond acceptors (Lipinski definition) is 5. The highest BCUT2D eigenvalue weighted by molar-refractivity contribution is 7.14. The van der Waals surface area contributed by atoms with Gasteiger partial charge in [-0.3, -0.25) is 15.1 Å². The lowest BCUT2D eigenvalue weighted by Gasteiger charge is -2.13. The second-order valence-electron chi connectivity index (χ2n) is 5.15. The Morgan fingerprint density at radius 1 is 1.13 bits per heavy atom. The molecule has 1 amide bonds. The molecule has 1 N–H and O–H groups in total. The van der Waals surface area contributed by atoms with E-state index in [2.05, 4.69) is 15.3 Å². The zero-order chi connectivity index (χ0) is 16.2. The SMILES string of the molecule is CN(C)c1cccc(C(=O)Nc2nc(-c3ccccn3)cs2)c1. The van der Waals surface area contributed by atoms with E-state index in [1.807, 2.05) is 60.8 Å². The number of hydrogen-bond donors (Lipinski definition) is 1. The zero-order valence-corrected chi connectivity index (χ0v) is 13.7. The number of nitrogens with zero attached hydrogens (tertiary/aromatic N) is 3. The molecule has 2 aromatic heterocycles. The first-order valence-electron chi connectivity index (χ1n) is 7.09. The third-order valence-electron chi connectivity index (χ3n) is 3.28. The average Bonchev–Trinajstić information content (AvgIpc) is 3.04. The van der Waals surface area contributed by atoms with Gasteiger partial charge in [0.05, 0.1) is 5.69 Å². The number of amides is 1. The molecule has 6 heteroatoms. The van der Waals surface area contributed by atoms with E-state index in [-0.39, 0.29) is 5.91 Å². The van der Waals surface area contributed by atoms with Crippen LogP contribution in [0.25, 0.3) is 11.4 Å². The number of carbonyl (C=O) groups excluding carboxylic acids is 1. The Labute approximate surface area is 138 Å². The maximum atomic E-state index is 12.4.